The van der Waals surface area contributed by atoms with E-state index in [0.717, 1.165) is 16.4 Å². The van der Waals surface area contributed by atoms with Gasteiger partial charge in [0.15, 0.2) is 9.84 Å². The topological polar surface area (TPSA) is 71.5 Å². The Bertz CT molecular complexity index is 926. The Balaban J connectivity index is 2.09. The second-order valence-corrected chi connectivity index (χ2v) is 9.69. The average molecular weight is 369 g/mol. The van der Waals surface area contributed by atoms with Crippen LogP contribution in [-0.2, 0) is 19.9 Å². The summed E-state index contributed by atoms with van der Waals surface area (Å²) in [4.78, 5) is -0.0722. The molecule has 1 aliphatic rings. The zero-order chi connectivity index (χ0) is 17.4. The van der Waals surface area contributed by atoms with Gasteiger partial charge in [-0.15, -0.1) is 0 Å². The van der Waals surface area contributed by atoms with Crippen LogP contribution in [0.2, 0.25) is 0 Å². The molecular formula is C16H16FNO4S2. The van der Waals surface area contributed by atoms with Crippen LogP contribution in [0.5, 0.6) is 0 Å². The summed E-state index contributed by atoms with van der Waals surface area (Å²) in [6, 6.07) is 12.2. The molecular weight excluding hydrogens is 353 g/mol. The first-order valence-corrected chi connectivity index (χ1v) is 10.6. The van der Waals surface area contributed by atoms with Crippen LogP contribution >= 0.6 is 0 Å². The standard InChI is InChI=1S/C16H16FNO4S2/c17-13-6-8-16(9-7-13)24(21,22)18(14-4-2-1-3-5-14)15-10-11-23(19,20)12-15/h1-9,15H,10-12H2/t15-/m1/s1. The van der Waals surface area contributed by atoms with Crippen LogP contribution in [-0.4, -0.2) is 34.4 Å². The van der Waals surface area contributed by atoms with Gasteiger partial charge in [-0.05, 0) is 42.8 Å². The molecule has 5 nitrogen and oxygen atoms in total. The minimum Gasteiger partial charge on any atom is -0.262 e. The molecule has 0 unspecified atom stereocenters. The van der Waals surface area contributed by atoms with Crippen molar-refractivity contribution in [3.05, 3.63) is 60.4 Å². The highest BCUT2D eigenvalue weighted by Gasteiger charge is 2.38. The quantitative estimate of drug-likeness (QED) is 0.828. The minimum atomic E-state index is -4.00. The van der Waals surface area contributed by atoms with E-state index in [9.17, 15) is 21.2 Å². The van der Waals surface area contributed by atoms with E-state index in [1.54, 1.807) is 30.3 Å². The number of hydrogen-bond donors (Lipinski definition) is 0. The van der Waals surface area contributed by atoms with Gasteiger partial charge in [0, 0.05) is 0 Å². The monoisotopic (exact) mass is 369 g/mol. The normalized spacial score (nSPS) is 20.0. The average Bonchev–Trinajstić information content (AvgIpc) is 2.88. The zero-order valence-electron chi connectivity index (χ0n) is 12.7. The first kappa shape index (κ1) is 16.9. The van der Waals surface area contributed by atoms with Gasteiger partial charge in [-0.3, -0.25) is 4.31 Å². The van der Waals surface area contributed by atoms with Gasteiger partial charge in [-0.25, -0.2) is 21.2 Å². The molecule has 0 saturated carbocycles. The van der Waals surface area contributed by atoms with E-state index >= 15 is 0 Å². The number of halogens is 1. The van der Waals surface area contributed by atoms with Gasteiger partial charge in [-0.1, -0.05) is 18.2 Å². The molecule has 24 heavy (non-hydrogen) atoms. The lowest BCUT2D eigenvalue weighted by Crippen LogP contribution is -2.41. The molecule has 8 heteroatoms. The third-order valence-corrected chi connectivity index (χ3v) is 7.57. The number of rotatable bonds is 4. The third kappa shape index (κ3) is 3.29. The maximum absolute atomic E-state index is 13.1. The van der Waals surface area contributed by atoms with Crippen molar-refractivity contribution in [2.45, 2.75) is 17.4 Å². The second-order valence-electron chi connectivity index (χ2n) is 5.65. The Kier molecular flexibility index (Phi) is 4.35. The molecule has 0 aliphatic carbocycles. The predicted octanol–water partition coefficient (Wildman–Crippen LogP) is 2.21. The first-order chi connectivity index (χ1) is 11.3. The van der Waals surface area contributed by atoms with Gasteiger partial charge >= 0.3 is 0 Å². The lowest BCUT2D eigenvalue weighted by atomic mass is 10.2. The number of nitrogens with zero attached hydrogens (tertiary/aromatic N) is 1. The zero-order valence-corrected chi connectivity index (χ0v) is 14.3. The fraction of sp³-hybridized carbons (Fsp3) is 0.250. The van der Waals surface area contributed by atoms with Crippen molar-refractivity contribution in [1.29, 1.82) is 0 Å². The van der Waals surface area contributed by atoms with Crippen LogP contribution < -0.4 is 4.31 Å². The molecule has 1 heterocycles. The summed E-state index contributed by atoms with van der Waals surface area (Å²) >= 11 is 0. The van der Waals surface area contributed by atoms with Crippen molar-refractivity contribution in [3.63, 3.8) is 0 Å². The number of para-hydroxylation sites is 1. The van der Waals surface area contributed by atoms with E-state index in [2.05, 4.69) is 0 Å². The van der Waals surface area contributed by atoms with E-state index in [1.807, 2.05) is 0 Å². The Morgan fingerprint density at radius 1 is 1.00 bits per heavy atom. The minimum absolute atomic E-state index is 0.0417. The lowest BCUT2D eigenvalue weighted by Gasteiger charge is -2.29. The molecule has 1 atom stereocenters. The highest BCUT2D eigenvalue weighted by Crippen LogP contribution is 2.30. The number of sulfone groups is 1. The Hall–Kier alpha value is -1.93. The van der Waals surface area contributed by atoms with Gasteiger partial charge in [0.25, 0.3) is 10.0 Å². The van der Waals surface area contributed by atoms with E-state index < -0.39 is 31.7 Å². The van der Waals surface area contributed by atoms with Crippen molar-refractivity contribution in [2.24, 2.45) is 0 Å². The van der Waals surface area contributed by atoms with Crippen LogP contribution in [0.25, 0.3) is 0 Å². The fourth-order valence-electron chi connectivity index (χ4n) is 2.80. The molecule has 3 rings (SSSR count). The molecule has 1 saturated heterocycles. The van der Waals surface area contributed by atoms with E-state index in [0.29, 0.717) is 5.69 Å². The Morgan fingerprint density at radius 2 is 1.62 bits per heavy atom. The Morgan fingerprint density at radius 3 is 2.17 bits per heavy atom. The van der Waals surface area contributed by atoms with Gasteiger partial charge in [0.05, 0.1) is 28.1 Å². The van der Waals surface area contributed by atoms with Crippen LogP contribution in [0.3, 0.4) is 0 Å². The third-order valence-electron chi connectivity index (χ3n) is 3.92. The molecule has 1 fully saturated rings. The van der Waals surface area contributed by atoms with E-state index in [-0.39, 0.29) is 22.8 Å². The molecule has 0 radical (unpaired) electrons. The maximum atomic E-state index is 13.1. The van der Waals surface area contributed by atoms with Crippen LogP contribution in [0.4, 0.5) is 10.1 Å². The number of hydrogen-bond acceptors (Lipinski definition) is 4. The second kappa shape index (κ2) is 6.18. The van der Waals surface area contributed by atoms with Crippen molar-refractivity contribution < 1.29 is 21.2 Å². The number of sulfonamides is 1. The molecule has 0 amide bonds. The van der Waals surface area contributed by atoms with Crippen molar-refractivity contribution in [1.82, 2.24) is 0 Å². The summed E-state index contributed by atoms with van der Waals surface area (Å²) in [5, 5.41) is 0. The summed E-state index contributed by atoms with van der Waals surface area (Å²) in [7, 11) is -7.27. The maximum Gasteiger partial charge on any atom is 0.264 e. The largest absolute Gasteiger partial charge is 0.264 e. The van der Waals surface area contributed by atoms with Gasteiger partial charge in [0.2, 0.25) is 0 Å². The van der Waals surface area contributed by atoms with Crippen molar-refractivity contribution in [2.75, 3.05) is 15.8 Å². The van der Waals surface area contributed by atoms with Gasteiger partial charge < -0.3 is 0 Å². The summed E-state index contributed by atoms with van der Waals surface area (Å²) in [6.07, 6.45) is 0.234. The predicted molar refractivity (Wildman–Crippen MR) is 89.6 cm³/mol. The van der Waals surface area contributed by atoms with Gasteiger partial charge in [-0.2, -0.15) is 0 Å². The Labute approximate surface area is 140 Å². The molecule has 0 aromatic heterocycles. The molecule has 128 valence electrons. The SMILES string of the molecule is O=S1(=O)CC[C@@H](N(c2ccccc2)S(=O)(=O)c2ccc(F)cc2)C1. The van der Waals surface area contributed by atoms with Crippen LogP contribution in [0.15, 0.2) is 59.5 Å². The van der Waals surface area contributed by atoms with E-state index in [4.69, 9.17) is 0 Å². The summed E-state index contributed by atoms with van der Waals surface area (Å²) in [6.45, 7) is 0. The molecule has 0 N–H and O–H groups in total. The summed E-state index contributed by atoms with van der Waals surface area (Å²) in [5.74, 6) is -0.800. The number of benzene rings is 2. The molecule has 2 aromatic rings. The van der Waals surface area contributed by atoms with Crippen LogP contribution in [0, 0.1) is 5.82 Å². The molecule has 0 spiro atoms. The van der Waals surface area contributed by atoms with Crippen LogP contribution in [0.1, 0.15) is 6.42 Å². The highest BCUT2D eigenvalue weighted by atomic mass is 32.2. The van der Waals surface area contributed by atoms with E-state index in [1.165, 1.54) is 12.1 Å². The lowest BCUT2D eigenvalue weighted by molar-refractivity contribution is 0.579. The highest BCUT2D eigenvalue weighted by molar-refractivity contribution is 7.93. The molecule has 0 bridgehead atoms. The van der Waals surface area contributed by atoms with Gasteiger partial charge in [0.1, 0.15) is 5.82 Å². The first-order valence-electron chi connectivity index (χ1n) is 7.35. The van der Waals surface area contributed by atoms with Crippen molar-refractivity contribution >= 4 is 25.5 Å². The smallest absolute Gasteiger partial charge is 0.262 e. The fourth-order valence-corrected chi connectivity index (χ4v) is 6.27. The molecule has 1 aliphatic heterocycles. The summed E-state index contributed by atoms with van der Waals surface area (Å²) in [5.41, 5.74) is 0.393. The van der Waals surface area contributed by atoms with Crippen molar-refractivity contribution in [3.8, 4) is 0 Å². The summed E-state index contributed by atoms with van der Waals surface area (Å²) < 4.78 is 64.0. The number of anilines is 1. The molecule has 2 aromatic carbocycles.